The first kappa shape index (κ1) is 10.8. The Hall–Kier alpha value is 2.72. The molecule has 0 bridgehead atoms. The molecule has 1 saturated heterocycles. The van der Waals surface area contributed by atoms with Crippen LogP contribution in [0.4, 0.5) is 0 Å². The molecule has 0 spiro atoms. The molecule has 0 aromatic carbocycles. The van der Waals surface area contributed by atoms with Crippen LogP contribution < -0.4 is 0 Å². The zero-order chi connectivity index (χ0) is 7.72. The molecule has 0 radical (unpaired) electrons. The molecule has 1 rings (SSSR count). The second kappa shape index (κ2) is 4.82. The maximum atomic E-state index is 6.03. The van der Waals surface area contributed by atoms with Gasteiger partial charge in [-0.15, -0.1) is 0 Å². The van der Waals surface area contributed by atoms with Gasteiger partial charge >= 0.3 is 89.3 Å². The van der Waals surface area contributed by atoms with Gasteiger partial charge in [-0.25, -0.2) is 0 Å². The summed E-state index contributed by atoms with van der Waals surface area (Å²) < 4.78 is 6.17. The van der Waals surface area contributed by atoms with Crippen molar-refractivity contribution in [1.29, 1.82) is 0 Å². The van der Waals surface area contributed by atoms with Crippen LogP contribution in [0.2, 0.25) is 4.44 Å². The van der Waals surface area contributed by atoms with Crippen LogP contribution in [0.5, 0.6) is 0 Å². The molecule has 1 nitrogen and oxygen atoms in total. The van der Waals surface area contributed by atoms with E-state index >= 15 is 0 Å². The first-order valence-corrected chi connectivity index (χ1v) is 30.4. The van der Waals surface area contributed by atoms with Gasteiger partial charge in [-0.1, -0.05) is 0 Å². The molecule has 0 saturated carbocycles. The van der Waals surface area contributed by atoms with Crippen LogP contribution in [0.25, 0.3) is 0 Å². The van der Waals surface area contributed by atoms with E-state index in [-0.39, 0.29) is 10.9 Å². The summed E-state index contributed by atoms with van der Waals surface area (Å²) in [5, 5.41) is -0.0910. The Bertz CT molecular complexity index is 99.1. The van der Waals surface area contributed by atoms with Crippen molar-refractivity contribution in [1.82, 2.24) is 0 Å². The number of hydrogen-bond donors (Lipinski definition) is 0. The Balaban J connectivity index is 2.46. The number of hydrogen-bond acceptors (Lipinski definition) is 1. The molecule has 0 N–H and O–H groups in total. The first-order valence-electron chi connectivity index (χ1n) is 2.83. The van der Waals surface area contributed by atoms with Gasteiger partial charge in [-0.05, 0) is 0 Å². The normalized spacial score (nSPS) is 49.2. The van der Waals surface area contributed by atoms with Gasteiger partial charge in [0.25, 0.3) is 0 Å². The van der Waals surface area contributed by atoms with Crippen molar-refractivity contribution in [2.24, 2.45) is 0 Å². The molecular weight excluding hydrogens is 431 g/mol. The Morgan fingerprint density at radius 1 is 1.30 bits per heavy atom. The van der Waals surface area contributed by atoms with E-state index in [0.717, 1.165) is 4.44 Å². The van der Waals surface area contributed by atoms with Crippen molar-refractivity contribution >= 4 is 70.8 Å². The summed E-state index contributed by atoms with van der Waals surface area (Å²) in [6.45, 7) is 0. The molecule has 0 amide bonds. The fourth-order valence-corrected chi connectivity index (χ4v) is 39.7. The van der Waals surface area contributed by atoms with Crippen LogP contribution >= 0.6 is 41.0 Å². The zero-order valence-corrected chi connectivity index (χ0v) is 14.6. The van der Waals surface area contributed by atoms with Crippen LogP contribution in [0.3, 0.4) is 0 Å². The topological polar surface area (TPSA) is 9.23 Å². The first-order chi connectivity index (χ1) is 4.61. The van der Waals surface area contributed by atoms with Gasteiger partial charge in [0.2, 0.25) is 0 Å². The van der Waals surface area contributed by atoms with E-state index < -0.39 is 29.8 Å². The summed E-state index contributed by atoms with van der Waals surface area (Å²) in [6, 6.07) is 0. The van der Waals surface area contributed by atoms with Gasteiger partial charge in [-0.2, -0.15) is 0 Å². The van der Waals surface area contributed by atoms with Gasteiger partial charge in [0.15, 0.2) is 0 Å². The van der Waals surface area contributed by atoms with Gasteiger partial charge < -0.3 is 0 Å². The van der Waals surface area contributed by atoms with Crippen LogP contribution in [-0.2, 0) is 3.07 Å². The van der Waals surface area contributed by atoms with E-state index in [4.69, 9.17) is 44.1 Å². The fraction of sp³-hybridized carbons (Fsp3) is 1.00. The molecule has 1 aliphatic heterocycles. The van der Waals surface area contributed by atoms with Gasteiger partial charge in [0.05, 0.1) is 0 Å². The molecule has 0 aliphatic carbocycles. The maximum absolute atomic E-state index is 6.03. The van der Waals surface area contributed by atoms with Crippen molar-refractivity contribution in [3.63, 3.8) is 0 Å². The minimum atomic E-state index is -2.19. The molecule has 60 valence electrons. The van der Waals surface area contributed by atoms with Crippen molar-refractivity contribution < 1.29 is 3.07 Å². The van der Waals surface area contributed by atoms with Gasteiger partial charge in [0, 0.05) is 0 Å². The molecule has 1 fully saturated rings. The van der Waals surface area contributed by atoms with Gasteiger partial charge in [-0.3, -0.25) is 0 Å². The monoisotopic (exact) mass is 438 g/mol. The van der Waals surface area contributed by atoms with Crippen LogP contribution in [0, 0.1) is 0 Å². The average Bonchev–Trinajstić information content (AvgIpc) is 1.84. The number of alkyl halides is 2. The summed E-state index contributed by atoms with van der Waals surface area (Å²) in [5.41, 5.74) is -0.369. The van der Waals surface area contributed by atoms with E-state index in [0.29, 0.717) is 0 Å². The summed E-state index contributed by atoms with van der Waals surface area (Å²) in [4.78, 5) is 0. The summed E-state index contributed by atoms with van der Waals surface area (Å²) in [5.74, 6) is 0. The third-order valence-corrected chi connectivity index (χ3v) is 60.3. The molecule has 4 atom stereocenters. The summed E-state index contributed by atoms with van der Waals surface area (Å²) in [6.07, 6.45) is 0. The molecule has 10 heavy (non-hydrogen) atoms. The van der Waals surface area contributed by atoms with Crippen molar-refractivity contribution in [2.45, 2.75) is 15.4 Å². The number of halogens is 4. The predicted octanol–water partition coefficient (Wildman–Crippen LogP) is 1.69. The Labute approximate surface area is 87.8 Å². The summed E-state index contributed by atoms with van der Waals surface area (Å²) in [7, 11) is 12.0. The van der Waals surface area contributed by atoms with Crippen molar-refractivity contribution in [2.75, 3.05) is 0 Å². The Morgan fingerprint density at radius 2 is 1.90 bits per heavy atom. The second-order valence-corrected chi connectivity index (χ2v) is 60.0. The zero-order valence-electron chi connectivity index (χ0n) is 4.94. The Morgan fingerprint density at radius 3 is 2.40 bits per heavy atom. The standard InChI is InChI=1S/C3H4Cl2O.2ClH.2Sn.2H/c1-2(4)3(5)6;;;;;;/h2-3H,1H2;2*1H;;;;/q-1;;;+1;+2;;/p-2. The van der Waals surface area contributed by atoms with Crippen LogP contribution in [0.1, 0.15) is 0 Å². The molecule has 1 aliphatic rings. The van der Waals surface area contributed by atoms with Crippen LogP contribution in [0.15, 0.2) is 0 Å². The van der Waals surface area contributed by atoms with E-state index in [1.165, 1.54) is 0 Å². The quantitative estimate of drug-likeness (QED) is 0.414. The van der Waals surface area contributed by atoms with E-state index in [1.807, 2.05) is 0 Å². The molecule has 0 aromatic heterocycles. The SMILES string of the molecule is ClC1[CH2][SnH]([Cl])[SnH]([Cl])[O]C1Cl. The van der Waals surface area contributed by atoms with E-state index in [2.05, 4.69) is 0 Å². The molecule has 7 heteroatoms. The summed E-state index contributed by atoms with van der Waals surface area (Å²) >= 11 is 7.42. The molecule has 1 heterocycles. The third-order valence-electron chi connectivity index (χ3n) is 1.28. The minimum absolute atomic E-state index is 0.0910. The van der Waals surface area contributed by atoms with Gasteiger partial charge in [0.1, 0.15) is 0 Å². The van der Waals surface area contributed by atoms with E-state index in [9.17, 15) is 0 Å². The van der Waals surface area contributed by atoms with Crippen molar-refractivity contribution in [3.05, 3.63) is 0 Å². The van der Waals surface area contributed by atoms with Crippen LogP contribution in [-0.4, -0.2) is 40.7 Å². The second-order valence-electron chi connectivity index (χ2n) is 2.11. The predicted molar refractivity (Wildman–Crippen MR) is 51.2 cm³/mol. The fourth-order valence-electron chi connectivity index (χ4n) is 0.724. The molecular formula is C3H6Cl4OSn2. The third kappa shape index (κ3) is 2.89. The number of rotatable bonds is 0. The average molecular weight is 437 g/mol. The Kier molecular flexibility index (Phi) is 5.20. The van der Waals surface area contributed by atoms with Crippen molar-refractivity contribution in [3.8, 4) is 0 Å². The molecule has 0 aromatic rings. The molecule has 4 unspecified atom stereocenters. The van der Waals surface area contributed by atoms with E-state index in [1.54, 1.807) is 0 Å².